The molecule has 1 aliphatic rings. The molecule has 1 saturated heterocycles. The van der Waals surface area contributed by atoms with Crippen molar-refractivity contribution in [3.8, 4) is 0 Å². The number of carbonyl (C=O) groups excluding carboxylic acids is 1. The number of benzene rings is 2. The van der Waals surface area contributed by atoms with E-state index in [-0.39, 0.29) is 24.5 Å². The number of carboxylic acid groups (broad SMARTS) is 1. The fraction of sp³-hybridized carbons (Fsp3) is 0.364. The molecule has 1 aliphatic heterocycles. The van der Waals surface area contributed by atoms with Crippen LogP contribution in [0.3, 0.4) is 0 Å². The molecule has 0 unspecified atom stereocenters. The van der Waals surface area contributed by atoms with Gasteiger partial charge in [0.2, 0.25) is 19.9 Å². The van der Waals surface area contributed by atoms with Crippen molar-refractivity contribution < 1.29 is 44.7 Å². The van der Waals surface area contributed by atoms with Gasteiger partial charge < -0.3 is 20.2 Å². The molecular formula is C22H25F3N4O7S2. The van der Waals surface area contributed by atoms with Gasteiger partial charge in [-0.1, -0.05) is 18.2 Å². The minimum absolute atomic E-state index is 0.0873. The number of amides is 3. The maximum absolute atomic E-state index is 13.6. The topological polar surface area (TPSA) is 153 Å². The molecule has 1 fully saturated rings. The molecule has 11 nitrogen and oxygen atoms in total. The number of sulfonamides is 1. The Bertz CT molecular complexity index is 1400. The number of hydrogen-bond donors (Lipinski definition) is 3. The number of urea groups is 1. The molecule has 1 atom stereocenters. The minimum Gasteiger partial charge on any atom is -0.465 e. The van der Waals surface area contributed by atoms with E-state index in [9.17, 15) is 39.6 Å². The molecule has 0 aliphatic carbocycles. The second-order valence-corrected chi connectivity index (χ2v) is 12.1. The summed E-state index contributed by atoms with van der Waals surface area (Å²) in [7, 11) is -7.85. The van der Waals surface area contributed by atoms with Gasteiger partial charge in [-0.2, -0.15) is 13.2 Å². The molecule has 208 valence electrons. The number of nitrogens with zero attached hydrogens (tertiary/aromatic N) is 2. The lowest BCUT2D eigenvalue weighted by Crippen LogP contribution is -2.46. The van der Waals surface area contributed by atoms with Crippen LogP contribution in [-0.2, 0) is 26.0 Å². The summed E-state index contributed by atoms with van der Waals surface area (Å²) in [5.74, 6) is 0. The Morgan fingerprint density at radius 2 is 1.74 bits per heavy atom. The summed E-state index contributed by atoms with van der Waals surface area (Å²) in [6.07, 6.45) is -5.83. The van der Waals surface area contributed by atoms with Crippen molar-refractivity contribution in [2.45, 2.75) is 33.3 Å². The van der Waals surface area contributed by atoms with Gasteiger partial charge >= 0.3 is 18.3 Å². The van der Waals surface area contributed by atoms with Gasteiger partial charge in [0, 0.05) is 39.3 Å². The third-order valence-electron chi connectivity index (χ3n) is 5.78. The number of hydrogen-bond acceptors (Lipinski definition) is 6. The first kappa shape index (κ1) is 29.2. The van der Waals surface area contributed by atoms with Crippen LogP contribution in [0.4, 0.5) is 22.8 Å². The second kappa shape index (κ2) is 11.2. The zero-order valence-corrected chi connectivity index (χ0v) is 21.6. The SMILES string of the molecule is CN(CCNS(=O)(=O)c1cc(S(=O)(=O)c2ccccc2)ccc1C(F)(F)F)C(=O)N[C@@H]1CCN(C(=O)O)C1. The monoisotopic (exact) mass is 578 g/mol. The average molecular weight is 579 g/mol. The summed E-state index contributed by atoms with van der Waals surface area (Å²) in [6, 6.07) is 7.29. The second-order valence-electron chi connectivity index (χ2n) is 8.46. The molecular weight excluding hydrogens is 553 g/mol. The number of halogens is 3. The molecule has 0 radical (unpaired) electrons. The zero-order chi connectivity index (χ0) is 28.3. The minimum atomic E-state index is -5.10. The number of rotatable bonds is 8. The first-order valence-electron chi connectivity index (χ1n) is 11.1. The van der Waals surface area contributed by atoms with E-state index in [1.165, 1.54) is 31.3 Å². The van der Waals surface area contributed by atoms with Crippen LogP contribution in [0.15, 0.2) is 63.2 Å². The van der Waals surface area contributed by atoms with E-state index >= 15 is 0 Å². The summed E-state index contributed by atoms with van der Waals surface area (Å²) < 4.78 is 94.3. The first-order chi connectivity index (χ1) is 17.6. The van der Waals surface area contributed by atoms with E-state index in [0.29, 0.717) is 24.6 Å². The number of likely N-dealkylation sites (tertiary alicyclic amines) is 1. The fourth-order valence-electron chi connectivity index (χ4n) is 3.73. The molecule has 0 bridgehead atoms. The predicted molar refractivity (Wildman–Crippen MR) is 128 cm³/mol. The first-order valence-corrected chi connectivity index (χ1v) is 14.1. The highest BCUT2D eigenvalue weighted by molar-refractivity contribution is 7.91. The van der Waals surface area contributed by atoms with Crippen LogP contribution in [0.2, 0.25) is 0 Å². The van der Waals surface area contributed by atoms with Crippen LogP contribution in [-0.4, -0.2) is 83.1 Å². The molecule has 3 amide bonds. The van der Waals surface area contributed by atoms with Crippen molar-refractivity contribution in [3.05, 3.63) is 54.1 Å². The van der Waals surface area contributed by atoms with E-state index in [2.05, 4.69) is 5.32 Å². The van der Waals surface area contributed by atoms with Crippen molar-refractivity contribution in [2.24, 2.45) is 0 Å². The average Bonchev–Trinajstić information content (AvgIpc) is 3.32. The number of nitrogens with one attached hydrogen (secondary N) is 2. The smallest absolute Gasteiger partial charge is 0.417 e. The molecule has 3 N–H and O–H groups in total. The quantitative estimate of drug-likeness (QED) is 0.434. The van der Waals surface area contributed by atoms with E-state index in [4.69, 9.17) is 5.11 Å². The van der Waals surface area contributed by atoms with E-state index < -0.39 is 66.1 Å². The Labute approximate surface area is 217 Å². The lowest BCUT2D eigenvalue weighted by Gasteiger charge is -2.21. The molecule has 1 heterocycles. The Morgan fingerprint density at radius 1 is 1.08 bits per heavy atom. The Hall–Kier alpha value is -3.37. The number of carbonyl (C=O) groups is 2. The van der Waals surface area contributed by atoms with Gasteiger partial charge in [-0.25, -0.2) is 31.1 Å². The van der Waals surface area contributed by atoms with Crippen molar-refractivity contribution in [1.82, 2.24) is 19.8 Å². The molecule has 16 heteroatoms. The molecule has 2 aromatic rings. The van der Waals surface area contributed by atoms with Gasteiger partial charge in [-0.05, 0) is 36.8 Å². The Morgan fingerprint density at radius 3 is 2.32 bits per heavy atom. The van der Waals surface area contributed by atoms with Crippen molar-refractivity contribution in [2.75, 3.05) is 33.2 Å². The van der Waals surface area contributed by atoms with E-state index in [1.54, 1.807) is 6.07 Å². The number of alkyl halides is 3. The third-order valence-corrected chi connectivity index (χ3v) is 9.05. The molecule has 0 spiro atoms. The van der Waals surface area contributed by atoms with Gasteiger partial charge in [0.05, 0.1) is 20.2 Å². The maximum atomic E-state index is 13.6. The van der Waals surface area contributed by atoms with Crippen molar-refractivity contribution in [1.29, 1.82) is 0 Å². The third kappa shape index (κ3) is 6.73. The predicted octanol–water partition coefficient (Wildman–Crippen LogP) is 2.21. The highest BCUT2D eigenvalue weighted by atomic mass is 32.2. The molecule has 0 aromatic heterocycles. The van der Waals surface area contributed by atoms with Crippen LogP contribution in [0, 0.1) is 0 Å². The van der Waals surface area contributed by atoms with E-state index in [1.807, 2.05) is 4.72 Å². The summed E-state index contributed by atoms with van der Waals surface area (Å²) in [6.45, 7) is -0.400. The van der Waals surface area contributed by atoms with Gasteiger partial charge in [0.1, 0.15) is 0 Å². The fourth-order valence-corrected chi connectivity index (χ4v) is 6.38. The highest BCUT2D eigenvalue weighted by Gasteiger charge is 2.38. The van der Waals surface area contributed by atoms with Gasteiger partial charge in [0.15, 0.2) is 0 Å². The Balaban J connectivity index is 1.74. The van der Waals surface area contributed by atoms with Gasteiger partial charge in [-0.15, -0.1) is 0 Å². The lowest BCUT2D eigenvalue weighted by atomic mass is 10.2. The maximum Gasteiger partial charge on any atom is 0.417 e. The number of likely N-dealkylation sites (N-methyl/N-ethyl adjacent to an activating group) is 1. The summed E-state index contributed by atoms with van der Waals surface area (Å²) >= 11 is 0. The van der Waals surface area contributed by atoms with Gasteiger partial charge in [0.25, 0.3) is 0 Å². The van der Waals surface area contributed by atoms with Crippen LogP contribution >= 0.6 is 0 Å². The zero-order valence-electron chi connectivity index (χ0n) is 20.0. The molecule has 38 heavy (non-hydrogen) atoms. The van der Waals surface area contributed by atoms with Crippen LogP contribution in [0.5, 0.6) is 0 Å². The standard InChI is InChI=1S/C22H25F3N4O7S2/c1-28(20(30)27-15-9-11-29(14-15)21(31)32)12-10-26-38(35,36)19-13-17(7-8-18(19)22(23,24)25)37(33,34)16-5-3-2-4-6-16/h2-8,13,15,26H,9-12,14H2,1H3,(H,27,30)(H,31,32)/t15-/m1/s1. The molecule has 0 saturated carbocycles. The summed E-state index contributed by atoms with van der Waals surface area (Å²) in [4.78, 5) is 23.4. The normalized spacial score (nSPS) is 16.3. The van der Waals surface area contributed by atoms with Crippen molar-refractivity contribution >= 4 is 32.0 Å². The van der Waals surface area contributed by atoms with Crippen LogP contribution < -0.4 is 10.0 Å². The summed E-state index contributed by atoms with van der Waals surface area (Å²) in [5.41, 5.74) is -1.55. The largest absolute Gasteiger partial charge is 0.465 e. The van der Waals surface area contributed by atoms with Gasteiger partial charge in [-0.3, -0.25) is 0 Å². The van der Waals surface area contributed by atoms with Crippen molar-refractivity contribution in [3.63, 3.8) is 0 Å². The Kier molecular flexibility index (Phi) is 8.58. The molecule has 2 aromatic carbocycles. The van der Waals surface area contributed by atoms with Crippen LogP contribution in [0.1, 0.15) is 12.0 Å². The summed E-state index contributed by atoms with van der Waals surface area (Å²) in [5, 5.41) is 11.6. The highest BCUT2D eigenvalue weighted by Crippen LogP contribution is 2.36. The molecule has 3 rings (SSSR count). The number of sulfone groups is 1. The van der Waals surface area contributed by atoms with E-state index in [0.717, 1.165) is 9.80 Å². The van der Waals surface area contributed by atoms with Crippen LogP contribution in [0.25, 0.3) is 0 Å². The lowest BCUT2D eigenvalue weighted by molar-refractivity contribution is -0.139.